The molecule has 3 aromatic heterocycles. The summed E-state index contributed by atoms with van der Waals surface area (Å²) in [5, 5.41) is 4.52. The van der Waals surface area contributed by atoms with Gasteiger partial charge in [0.1, 0.15) is 5.82 Å². The summed E-state index contributed by atoms with van der Waals surface area (Å²) in [5.74, 6) is 10.6. The highest BCUT2D eigenvalue weighted by Crippen LogP contribution is 2.39. The topological polar surface area (TPSA) is 72.3 Å². The van der Waals surface area contributed by atoms with Crippen molar-refractivity contribution in [1.29, 1.82) is 0 Å². The Kier molecular flexibility index (Phi) is 7.64. The molecule has 2 N–H and O–H groups in total. The maximum atomic E-state index is 6.51. The van der Waals surface area contributed by atoms with Gasteiger partial charge in [0.25, 0.3) is 0 Å². The largest absolute Gasteiger partial charge is 0.383 e. The molecule has 0 spiro atoms. The standard InChI is InChI=1S/C27H33BrN6S/c1-6-9-10-19(7-2)23-12-11-21(17-30-23)22-18-31-34-26(29)24(28)25(32-27(22)34)20-13-15-33(16-14-20)35(4,5)8-3/h6-7,9-12,17-18,20H,2,4-5,8,13-16,29H2,1,3H3/b9-6-,19-10+. The lowest BCUT2D eigenvalue weighted by Crippen LogP contribution is -2.31. The zero-order valence-electron chi connectivity index (χ0n) is 20.5. The van der Waals surface area contributed by atoms with Crippen molar-refractivity contribution < 1.29 is 0 Å². The van der Waals surface area contributed by atoms with E-state index in [9.17, 15) is 0 Å². The zero-order chi connectivity index (χ0) is 25.2. The van der Waals surface area contributed by atoms with Crippen molar-refractivity contribution in [2.24, 2.45) is 0 Å². The monoisotopic (exact) mass is 552 g/mol. The molecule has 1 aliphatic rings. The Labute approximate surface area is 217 Å². The molecule has 1 fully saturated rings. The van der Waals surface area contributed by atoms with Gasteiger partial charge in [0.2, 0.25) is 0 Å². The summed E-state index contributed by atoms with van der Waals surface area (Å²) >= 11 is 3.71. The summed E-state index contributed by atoms with van der Waals surface area (Å²) in [6.07, 6.45) is 13.4. The average Bonchev–Trinajstić information content (AvgIpc) is 3.31. The molecule has 0 atom stereocenters. The lowest BCUT2D eigenvalue weighted by atomic mass is 9.94. The fourth-order valence-electron chi connectivity index (χ4n) is 4.37. The number of piperidine rings is 1. The fraction of sp³-hybridized carbons (Fsp3) is 0.296. The number of aromatic nitrogens is 4. The third kappa shape index (κ3) is 5.01. The average molecular weight is 554 g/mol. The van der Waals surface area contributed by atoms with Crippen LogP contribution in [0.25, 0.3) is 22.3 Å². The highest BCUT2D eigenvalue weighted by atomic mass is 79.9. The summed E-state index contributed by atoms with van der Waals surface area (Å²) in [5.41, 5.74) is 11.9. The second-order valence-electron chi connectivity index (χ2n) is 8.77. The van der Waals surface area contributed by atoms with Crippen LogP contribution < -0.4 is 5.73 Å². The van der Waals surface area contributed by atoms with Crippen molar-refractivity contribution in [2.45, 2.75) is 32.6 Å². The number of pyridine rings is 1. The molecule has 0 radical (unpaired) electrons. The quantitative estimate of drug-likeness (QED) is 0.284. The Morgan fingerprint density at radius 2 is 2.00 bits per heavy atom. The van der Waals surface area contributed by atoms with Crippen molar-refractivity contribution >= 4 is 54.1 Å². The molecular formula is C27H33BrN6S. The highest BCUT2D eigenvalue weighted by Gasteiger charge is 2.27. The third-order valence-corrected chi connectivity index (χ3v) is 9.98. The molecule has 0 bridgehead atoms. The summed E-state index contributed by atoms with van der Waals surface area (Å²) < 4.78 is 4.99. The lowest BCUT2D eigenvalue weighted by Gasteiger charge is -2.36. The van der Waals surface area contributed by atoms with Crippen LogP contribution in [0, 0.1) is 0 Å². The highest BCUT2D eigenvalue weighted by molar-refractivity contribution is 9.10. The van der Waals surface area contributed by atoms with Gasteiger partial charge >= 0.3 is 0 Å². The van der Waals surface area contributed by atoms with Gasteiger partial charge in [-0.1, -0.05) is 55.6 Å². The van der Waals surface area contributed by atoms with Crippen LogP contribution >= 0.6 is 25.3 Å². The summed E-state index contributed by atoms with van der Waals surface area (Å²) in [7, 11) is -1.19. The molecule has 1 aliphatic heterocycles. The van der Waals surface area contributed by atoms with Crippen molar-refractivity contribution in [3.63, 3.8) is 0 Å². The maximum absolute atomic E-state index is 6.51. The van der Waals surface area contributed by atoms with Gasteiger partial charge in [-0.2, -0.15) is 19.0 Å². The molecule has 0 amide bonds. The number of nitrogen functional groups attached to an aromatic ring is 1. The summed E-state index contributed by atoms with van der Waals surface area (Å²) in [4.78, 5) is 9.75. The fourth-order valence-corrected chi connectivity index (χ4v) is 6.30. The minimum absolute atomic E-state index is 0.315. The molecule has 0 unspecified atom stereocenters. The van der Waals surface area contributed by atoms with E-state index in [-0.39, 0.29) is 0 Å². The molecule has 1 saturated heterocycles. The Hall–Kier alpha value is -2.68. The van der Waals surface area contributed by atoms with Crippen LogP contribution in [0.2, 0.25) is 0 Å². The van der Waals surface area contributed by atoms with E-state index >= 15 is 0 Å². The second-order valence-corrected chi connectivity index (χ2v) is 12.7. The number of anilines is 1. The number of nitrogens with zero attached hydrogens (tertiary/aromatic N) is 5. The van der Waals surface area contributed by atoms with E-state index in [1.165, 1.54) is 0 Å². The van der Waals surface area contributed by atoms with E-state index in [4.69, 9.17) is 10.7 Å². The molecule has 0 aromatic carbocycles. The van der Waals surface area contributed by atoms with Gasteiger partial charge in [-0.05, 0) is 53.1 Å². The number of hydrogen-bond acceptors (Lipinski definition) is 5. The summed E-state index contributed by atoms with van der Waals surface area (Å²) in [6.45, 7) is 10.0. The van der Waals surface area contributed by atoms with Crippen molar-refractivity contribution in [3.05, 3.63) is 71.3 Å². The van der Waals surface area contributed by atoms with E-state index in [2.05, 4.69) is 55.6 Å². The van der Waals surface area contributed by atoms with Crippen molar-refractivity contribution in [2.75, 3.05) is 24.6 Å². The Morgan fingerprint density at radius 3 is 2.60 bits per heavy atom. The first-order valence-electron chi connectivity index (χ1n) is 11.8. The molecule has 0 saturated carbocycles. The molecule has 184 valence electrons. The molecule has 8 heteroatoms. The number of rotatable bonds is 7. The molecule has 4 rings (SSSR count). The molecule has 0 aliphatic carbocycles. The number of hydrogen-bond donors (Lipinski definition) is 1. The van der Waals surface area contributed by atoms with E-state index < -0.39 is 9.39 Å². The van der Waals surface area contributed by atoms with Crippen LogP contribution in [-0.2, 0) is 0 Å². The van der Waals surface area contributed by atoms with E-state index in [1.54, 1.807) is 4.52 Å². The predicted molar refractivity (Wildman–Crippen MR) is 157 cm³/mol. The smallest absolute Gasteiger partial charge is 0.165 e. The number of halogens is 1. The van der Waals surface area contributed by atoms with E-state index in [1.807, 2.05) is 55.8 Å². The maximum Gasteiger partial charge on any atom is 0.165 e. The van der Waals surface area contributed by atoms with Crippen LogP contribution in [0.5, 0.6) is 0 Å². The Balaban J connectivity index is 1.68. The zero-order valence-corrected chi connectivity index (χ0v) is 22.9. The molecule has 35 heavy (non-hydrogen) atoms. The third-order valence-electron chi connectivity index (χ3n) is 6.63. The Bertz CT molecular complexity index is 1390. The normalized spacial score (nSPS) is 16.4. The van der Waals surface area contributed by atoms with Gasteiger partial charge in [0.15, 0.2) is 5.65 Å². The first-order valence-corrected chi connectivity index (χ1v) is 14.7. The van der Waals surface area contributed by atoms with Crippen LogP contribution in [0.3, 0.4) is 0 Å². The van der Waals surface area contributed by atoms with Gasteiger partial charge < -0.3 is 5.73 Å². The number of allylic oxidation sites excluding steroid dienone is 5. The summed E-state index contributed by atoms with van der Waals surface area (Å²) in [6, 6.07) is 4.04. The minimum Gasteiger partial charge on any atom is -0.383 e. The SMILES string of the molecule is C=C/C(=C\C=C/C)c1ccc(-c2cnn3c(N)c(Br)c(C4CCN(S(=C)(=C)CC)CC4)nc23)cn1. The molecule has 6 nitrogen and oxygen atoms in total. The second kappa shape index (κ2) is 10.5. The molecule has 4 heterocycles. The van der Waals surface area contributed by atoms with Gasteiger partial charge in [-0.25, -0.2) is 4.98 Å². The first-order chi connectivity index (χ1) is 16.8. The van der Waals surface area contributed by atoms with Crippen molar-refractivity contribution in [1.82, 2.24) is 23.9 Å². The Morgan fingerprint density at radius 1 is 1.26 bits per heavy atom. The first kappa shape index (κ1) is 25.4. The number of nitrogens with two attached hydrogens (primary N) is 1. The van der Waals surface area contributed by atoms with Crippen LogP contribution in [0.4, 0.5) is 5.82 Å². The van der Waals surface area contributed by atoms with Gasteiger partial charge in [-0.3, -0.25) is 9.29 Å². The number of fused-ring (bicyclic) bond motifs is 1. The van der Waals surface area contributed by atoms with Gasteiger partial charge in [0.05, 0.1) is 22.1 Å². The molecular weight excluding hydrogens is 520 g/mol. The molecule has 3 aromatic rings. The van der Waals surface area contributed by atoms with Crippen LogP contribution in [-0.4, -0.2) is 54.5 Å². The van der Waals surface area contributed by atoms with Gasteiger partial charge in [0, 0.05) is 36.3 Å². The lowest BCUT2D eigenvalue weighted by molar-refractivity contribution is 0.340. The van der Waals surface area contributed by atoms with Crippen molar-refractivity contribution in [3.8, 4) is 11.1 Å². The van der Waals surface area contributed by atoms with E-state index in [0.29, 0.717) is 11.7 Å². The van der Waals surface area contributed by atoms with Gasteiger partial charge in [-0.15, -0.1) is 0 Å². The van der Waals surface area contributed by atoms with Crippen LogP contribution in [0.15, 0.2) is 59.9 Å². The van der Waals surface area contributed by atoms with E-state index in [0.717, 1.165) is 69.9 Å². The van der Waals surface area contributed by atoms with Crippen LogP contribution in [0.1, 0.15) is 44.0 Å². The minimum atomic E-state index is -1.19. The predicted octanol–water partition coefficient (Wildman–Crippen LogP) is 6.06.